The van der Waals surface area contributed by atoms with Crippen LogP contribution >= 0.6 is 0 Å². The van der Waals surface area contributed by atoms with Gasteiger partial charge in [-0.05, 0) is 29.5 Å². The van der Waals surface area contributed by atoms with Crippen LogP contribution in [0.15, 0.2) is 54.9 Å². The molecule has 1 aromatic carbocycles. The van der Waals surface area contributed by atoms with Crippen LogP contribution in [-0.2, 0) is 21.3 Å². The quantitative estimate of drug-likeness (QED) is 0.848. The summed E-state index contributed by atoms with van der Waals surface area (Å²) < 4.78 is 12.0. The van der Waals surface area contributed by atoms with Crippen molar-refractivity contribution in [2.24, 2.45) is 5.92 Å². The van der Waals surface area contributed by atoms with Crippen molar-refractivity contribution in [2.75, 3.05) is 12.3 Å². The van der Waals surface area contributed by atoms with E-state index in [9.17, 15) is 9.00 Å². The molecule has 1 saturated carbocycles. The SMILES string of the molecule is O=C(NCC[S@](=O)Cc1ccccc1)[C@H]1C[C@H]1c1cccnc1. The molecule has 1 aliphatic rings. The maximum Gasteiger partial charge on any atom is 0.223 e. The molecule has 2 aromatic rings. The molecule has 0 unspecified atom stereocenters. The van der Waals surface area contributed by atoms with Crippen molar-refractivity contribution in [3.63, 3.8) is 0 Å². The molecular weight excluding hydrogens is 308 g/mol. The topological polar surface area (TPSA) is 59.1 Å². The van der Waals surface area contributed by atoms with Crippen LogP contribution in [0.2, 0.25) is 0 Å². The number of pyridine rings is 1. The lowest BCUT2D eigenvalue weighted by molar-refractivity contribution is -0.122. The molecule has 0 aliphatic heterocycles. The summed E-state index contributed by atoms with van der Waals surface area (Å²) in [6.07, 6.45) is 4.44. The Morgan fingerprint density at radius 2 is 2.04 bits per heavy atom. The standard InChI is InChI=1S/C18H20N2O2S/c21-18(17-11-16(17)15-7-4-8-19-12-15)20-9-10-23(22)13-14-5-2-1-3-6-14/h1-8,12,16-17H,9-11,13H2,(H,20,21)/t16-,17-,23-/m0/s1. The van der Waals surface area contributed by atoms with Gasteiger partial charge in [0.1, 0.15) is 0 Å². The van der Waals surface area contributed by atoms with E-state index in [4.69, 9.17) is 0 Å². The van der Waals surface area contributed by atoms with Gasteiger partial charge in [-0.15, -0.1) is 0 Å². The van der Waals surface area contributed by atoms with E-state index in [1.54, 1.807) is 6.20 Å². The molecular formula is C18H20N2O2S. The van der Waals surface area contributed by atoms with Gasteiger partial charge in [0.2, 0.25) is 5.91 Å². The summed E-state index contributed by atoms with van der Waals surface area (Å²) in [5.74, 6) is 1.43. The van der Waals surface area contributed by atoms with Gasteiger partial charge in [0.05, 0.1) is 0 Å². The number of benzene rings is 1. The molecule has 0 radical (unpaired) electrons. The third-order valence-electron chi connectivity index (χ3n) is 4.04. The molecule has 1 amide bonds. The third-order valence-corrected chi connectivity index (χ3v) is 5.35. The number of carbonyl (C=O) groups excluding carboxylic acids is 1. The summed E-state index contributed by atoms with van der Waals surface area (Å²) in [4.78, 5) is 16.2. The van der Waals surface area contributed by atoms with Gasteiger partial charge in [-0.3, -0.25) is 14.0 Å². The van der Waals surface area contributed by atoms with Gasteiger partial charge in [-0.1, -0.05) is 36.4 Å². The molecule has 0 spiro atoms. The second-order valence-corrected chi connectivity index (χ2v) is 7.38. The van der Waals surface area contributed by atoms with E-state index in [0.29, 0.717) is 24.0 Å². The Bertz CT molecular complexity index is 676. The Hall–Kier alpha value is -2.01. The highest BCUT2D eigenvalue weighted by Crippen LogP contribution is 2.47. The predicted octanol–water partition coefficient (Wildman–Crippen LogP) is 2.25. The first-order valence-corrected chi connectivity index (χ1v) is 9.29. The molecule has 0 saturated heterocycles. The smallest absolute Gasteiger partial charge is 0.223 e. The molecule has 120 valence electrons. The minimum absolute atomic E-state index is 0.0433. The Morgan fingerprint density at radius 1 is 1.22 bits per heavy atom. The summed E-state index contributed by atoms with van der Waals surface area (Å²) in [6.45, 7) is 0.467. The van der Waals surface area contributed by atoms with Gasteiger partial charge in [0, 0.05) is 47.2 Å². The number of nitrogens with zero attached hydrogens (tertiary/aromatic N) is 1. The highest BCUT2D eigenvalue weighted by atomic mass is 32.2. The van der Waals surface area contributed by atoms with Crippen LogP contribution in [0.1, 0.15) is 23.5 Å². The average Bonchev–Trinajstić information content (AvgIpc) is 3.37. The second kappa shape index (κ2) is 7.51. The first kappa shape index (κ1) is 15.9. The van der Waals surface area contributed by atoms with Crippen molar-refractivity contribution in [2.45, 2.75) is 18.1 Å². The van der Waals surface area contributed by atoms with E-state index >= 15 is 0 Å². The van der Waals surface area contributed by atoms with E-state index in [0.717, 1.165) is 17.5 Å². The highest BCUT2D eigenvalue weighted by Gasteiger charge is 2.43. The molecule has 1 N–H and O–H groups in total. The number of rotatable bonds is 7. The fourth-order valence-electron chi connectivity index (χ4n) is 2.70. The molecule has 1 aliphatic carbocycles. The minimum Gasteiger partial charge on any atom is -0.355 e. The maximum absolute atomic E-state index is 12.1. The molecule has 3 rings (SSSR count). The monoisotopic (exact) mass is 328 g/mol. The number of hydrogen-bond acceptors (Lipinski definition) is 3. The van der Waals surface area contributed by atoms with Crippen molar-refractivity contribution in [3.8, 4) is 0 Å². The van der Waals surface area contributed by atoms with Crippen LogP contribution in [0.3, 0.4) is 0 Å². The summed E-state index contributed by atoms with van der Waals surface area (Å²) >= 11 is 0. The number of carbonyl (C=O) groups is 1. The lowest BCUT2D eigenvalue weighted by atomic mass is 10.1. The molecule has 4 nitrogen and oxygen atoms in total. The summed E-state index contributed by atoms with van der Waals surface area (Å²) in [6, 6.07) is 13.7. The average molecular weight is 328 g/mol. The van der Waals surface area contributed by atoms with Gasteiger partial charge in [0.25, 0.3) is 0 Å². The van der Waals surface area contributed by atoms with E-state index in [1.807, 2.05) is 48.7 Å². The van der Waals surface area contributed by atoms with E-state index in [2.05, 4.69) is 10.3 Å². The van der Waals surface area contributed by atoms with Gasteiger partial charge >= 0.3 is 0 Å². The lowest BCUT2D eigenvalue weighted by Crippen LogP contribution is -2.29. The van der Waals surface area contributed by atoms with Gasteiger partial charge in [0.15, 0.2) is 0 Å². The van der Waals surface area contributed by atoms with E-state index in [-0.39, 0.29) is 11.8 Å². The molecule has 1 aromatic heterocycles. The Morgan fingerprint density at radius 3 is 2.78 bits per heavy atom. The normalized spacial score (nSPS) is 20.7. The molecule has 3 atom stereocenters. The fraction of sp³-hybridized carbons (Fsp3) is 0.333. The molecule has 0 bridgehead atoms. The zero-order valence-electron chi connectivity index (χ0n) is 12.9. The Balaban J connectivity index is 1.38. The number of hydrogen-bond donors (Lipinski definition) is 1. The summed E-state index contributed by atoms with van der Waals surface area (Å²) in [7, 11) is -0.950. The zero-order valence-corrected chi connectivity index (χ0v) is 13.7. The van der Waals surface area contributed by atoms with Crippen LogP contribution < -0.4 is 5.32 Å². The molecule has 1 fully saturated rings. The van der Waals surface area contributed by atoms with Crippen molar-refractivity contribution in [3.05, 3.63) is 66.0 Å². The molecule has 23 heavy (non-hydrogen) atoms. The van der Waals surface area contributed by atoms with Crippen LogP contribution in [0, 0.1) is 5.92 Å². The van der Waals surface area contributed by atoms with E-state index in [1.165, 1.54) is 0 Å². The van der Waals surface area contributed by atoms with Gasteiger partial charge in [-0.25, -0.2) is 0 Å². The van der Waals surface area contributed by atoms with Crippen molar-refractivity contribution in [1.82, 2.24) is 10.3 Å². The Kier molecular flexibility index (Phi) is 5.18. The minimum atomic E-state index is -0.950. The maximum atomic E-state index is 12.1. The van der Waals surface area contributed by atoms with Crippen LogP contribution in [0.5, 0.6) is 0 Å². The number of aromatic nitrogens is 1. The molecule has 5 heteroatoms. The Labute approximate surface area is 138 Å². The lowest BCUT2D eigenvalue weighted by Gasteiger charge is -2.06. The van der Waals surface area contributed by atoms with Crippen molar-refractivity contribution >= 4 is 16.7 Å². The van der Waals surface area contributed by atoms with Crippen molar-refractivity contribution in [1.29, 1.82) is 0 Å². The summed E-state index contributed by atoms with van der Waals surface area (Å²) in [5, 5.41) is 2.91. The summed E-state index contributed by atoms with van der Waals surface area (Å²) in [5.41, 5.74) is 2.19. The first-order valence-electron chi connectivity index (χ1n) is 7.80. The first-order chi connectivity index (χ1) is 11.2. The molecule has 1 heterocycles. The van der Waals surface area contributed by atoms with Crippen LogP contribution in [-0.4, -0.2) is 27.4 Å². The fourth-order valence-corrected chi connectivity index (χ4v) is 3.74. The van der Waals surface area contributed by atoms with Crippen LogP contribution in [0.4, 0.5) is 0 Å². The second-order valence-electron chi connectivity index (χ2n) is 5.80. The number of amides is 1. The predicted molar refractivity (Wildman–Crippen MR) is 91.3 cm³/mol. The van der Waals surface area contributed by atoms with Crippen LogP contribution in [0.25, 0.3) is 0 Å². The highest BCUT2D eigenvalue weighted by molar-refractivity contribution is 7.84. The largest absolute Gasteiger partial charge is 0.355 e. The van der Waals surface area contributed by atoms with Gasteiger partial charge in [-0.2, -0.15) is 0 Å². The van der Waals surface area contributed by atoms with E-state index < -0.39 is 10.8 Å². The van der Waals surface area contributed by atoms with Crippen molar-refractivity contribution < 1.29 is 9.00 Å². The number of nitrogens with one attached hydrogen (secondary N) is 1. The van der Waals surface area contributed by atoms with Gasteiger partial charge < -0.3 is 5.32 Å². The zero-order chi connectivity index (χ0) is 16.1. The third kappa shape index (κ3) is 4.48.